The Kier molecular flexibility index (Phi) is 58.9. The normalized spacial score (nSPS) is 9.95. The maximum absolute atomic E-state index is 8.33. The zero-order chi connectivity index (χ0) is 85.0. The maximum Gasteiger partial charge on any atom is 2.00 e. The molecule has 22 heteroatoms. The fourth-order valence-corrected chi connectivity index (χ4v) is 26.4. The molecule has 0 aromatic heterocycles. The summed E-state index contributed by atoms with van der Waals surface area (Å²) in [5.74, 6) is 0. The van der Waals surface area contributed by atoms with Crippen LogP contribution in [0.2, 0.25) is 0 Å². The van der Waals surface area contributed by atoms with Crippen molar-refractivity contribution in [3.63, 3.8) is 0 Å². The summed E-state index contributed by atoms with van der Waals surface area (Å²) in [5.41, 5.74) is 2.64. The van der Waals surface area contributed by atoms with Crippen LogP contribution in [-0.2, 0) is 48.3 Å². The molecule has 0 amide bonds. The number of benzene rings is 14. The van der Waals surface area contributed by atoms with Crippen molar-refractivity contribution in [2.45, 2.75) is 13.8 Å². The van der Waals surface area contributed by atoms with E-state index in [0.29, 0.717) is 0 Å². The molecule has 10 nitrogen and oxygen atoms in total. The molecule has 14 aromatic rings. The second kappa shape index (κ2) is 66.6. The van der Waals surface area contributed by atoms with Gasteiger partial charge in [-0.1, -0.05) is 436 Å². The molecule has 14 rings (SSSR count). The van der Waals surface area contributed by atoms with E-state index in [4.69, 9.17) is 85.7 Å². The first kappa shape index (κ1) is 106. The second-order valence-electron chi connectivity index (χ2n) is 24.8. The third kappa shape index (κ3) is 42.2. The molecule has 14 aromatic carbocycles. The summed E-state index contributed by atoms with van der Waals surface area (Å²) >= 11 is 19.1. The van der Waals surface area contributed by atoms with Crippen molar-refractivity contribution < 1.29 is 78.3 Å². The third-order valence-electron chi connectivity index (χ3n) is 16.7. The van der Waals surface area contributed by atoms with Crippen LogP contribution in [0.5, 0.6) is 0 Å². The predicted octanol–water partition coefficient (Wildman–Crippen LogP) is 17.0. The van der Waals surface area contributed by atoms with Crippen LogP contribution in [-0.4, -0.2) is 70.5 Å². The van der Waals surface area contributed by atoms with Crippen molar-refractivity contribution in [2.24, 2.45) is 0 Å². The van der Waals surface area contributed by atoms with Gasteiger partial charge < -0.3 is 30.0 Å². The molecule has 0 aliphatic carbocycles. The molecule has 0 fully saturated rings. The Bertz CT molecular complexity index is 3930. The topological polar surface area (TPSA) is 173 Å². The number of carboxylic acid groups (broad SMARTS) is 4. The van der Waals surface area contributed by atoms with Gasteiger partial charge in [-0.05, 0) is 137 Å². The SMILES string of the molecule is Cc1ccccc1.Cc1ccccc1.ClCCl.ClCCl.O=C([O-])[O-].O=C([O-])[O-].[C-]#[O+].[C-]#[O+].[Ru+2].[Ru+2].c1ccc(P(CN(CP(c2ccccc2)c2ccccc2)CP(c2ccccc2)c2ccccc2)c2ccccc2)cc1.c1ccc(P(CN(CP(c2ccccc2)c2ccccc2)CP(c2ccccc2)c2ccccc2)c2ccccc2)cc1. The summed E-state index contributed by atoms with van der Waals surface area (Å²) < 4.78 is 15.0. The van der Waals surface area contributed by atoms with Crippen LogP contribution in [0, 0.1) is 27.1 Å². The summed E-state index contributed by atoms with van der Waals surface area (Å²) in [5, 5.41) is 50.9. The van der Waals surface area contributed by atoms with Crippen molar-refractivity contribution in [3.8, 4) is 0 Å². The van der Waals surface area contributed by atoms with E-state index in [1.165, 1.54) is 74.8 Å². The van der Waals surface area contributed by atoms with Gasteiger partial charge in [0.1, 0.15) is 0 Å². The Labute approximate surface area is 762 Å². The summed E-state index contributed by atoms with van der Waals surface area (Å²) in [6, 6.07) is 155. The number of halogens is 4. The number of hydrogen-bond acceptors (Lipinski definition) is 8. The van der Waals surface area contributed by atoms with Crippen LogP contribution < -0.4 is 84.1 Å². The van der Waals surface area contributed by atoms with Crippen LogP contribution in [0.15, 0.2) is 425 Å². The first-order valence-corrected chi connectivity index (χ1v) is 48.2. The zero-order valence-corrected chi connectivity index (χ0v) is 78.0. The molecule has 0 spiro atoms. The van der Waals surface area contributed by atoms with E-state index >= 15 is 0 Å². The van der Waals surface area contributed by atoms with Crippen molar-refractivity contribution in [2.75, 3.05) is 48.4 Å². The second-order valence-corrected chi connectivity index (χ2v) is 39.4. The Morgan fingerprint density at radius 1 is 0.225 bits per heavy atom. The Morgan fingerprint density at radius 2 is 0.300 bits per heavy atom. The Hall–Kier alpha value is -7.99. The molecule has 120 heavy (non-hydrogen) atoms. The molecule has 0 heterocycles. The van der Waals surface area contributed by atoms with Gasteiger partial charge in [-0.3, -0.25) is 9.80 Å². The number of alkyl halides is 4. The average molecular weight is 1960 g/mol. The summed E-state index contributed by atoms with van der Waals surface area (Å²) in [4.78, 5) is 22.3. The molecule has 0 aliphatic rings. The first-order chi connectivity index (χ1) is 57.8. The van der Waals surface area contributed by atoms with Crippen LogP contribution in [0.1, 0.15) is 11.1 Å². The van der Waals surface area contributed by atoms with Gasteiger partial charge in [0.2, 0.25) is 0 Å². The van der Waals surface area contributed by atoms with Gasteiger partial charge in [0.25, 0.3) is 0 Å². The predicted molar refractivity (Wildman–Crippen MR) is 501 cm³/mol. The maximum atomic E-state index is 8.33. The molecule has 0 atom stereocenters. The number of hydrogen-bond donors (Lipinski definition) is 0. The number of carbonyl (C=O) groups is 2. The zero-order valence-electron chi connectivity index (χ0n) is 66.1. The van der Waals surface area contributed by atoms with E-state index in [1.54, 1.807) is 0 Å². The largest absolute Gasteiger partial charge is 2.00 e. The van der Waals surface area contributed by atoms with Crippen molar-refractivity contribution in [1.29, 1.82) is 0 Å². The molecular weight excluding hydrogens is 1860 g/mol. The van der Waals surface area contributed by atoms with Crippen LogP contribution in [0.3, 0.4) is 0 Å². The van der Waals surface area contributed by atoms with E-state index in [0.717, 1.165) is 37.7 Å². The average Bonchev–Trinajstić information content (AvgIpc) is 0.813. The number of carbonyl (C=O) groups excluding carboxylic acids is 2. The number of nitrogens with zero attached hydrogens (tertiary/aromatic N) is 2. The molecule has 0 bridgehead atoms. The molecule has 0 unspecified atom stereocenters. The summed E-state index contributed by atoms with van der Waals surface area (Å²) in [6.07, 6.45) is 1.42. The molecule has 0 N–H and O–H groups in total. The van der Waals surface area contributed by atoms with Gasteiger partial charge in [-0.2, -0.15) is 0 Å². The van der Waals surface area contributed by atoms with Gasteiger partial charge in [0, 0.05) is 37.7 Å². The molecule has 0 aliphatic heterocycles. The quantitative estimate of drug-likeness (QED) is 0.0189. The number of rotatable bonds is 24. The summed E-state index contributed by atoms with van der Waals surface area (Å²) in [7, 11) is -3.48. The molecule has 0 saturated heterocycles. The van der Waals surface area contributed by atoms with Crippen LogP contribution >= 0.6 is 93.9 Å². The fraction of sp³-hybridized carbons (Fsp3) is 0.102. The van der Waals surface area contributed by atoms with Crippen LogP contribution in [0.4, 0.5) is 9.59 Å². The smallest absolute Gasteiger partial charge is 0.289 e. The standard InChI is InChI=1S/2C39H36NP3.2C7H8.2CH2Cl2.2CH2O3.2CO.2Ru/c2*1-7-19-34(20-8-1)41(35-21-9-2-10-22-35)31-40(32-42(36-23-11-3-12-24-36)37-25-13-4-14-26-37)33-43(38-27-15-5-16-28-38)39-29-17-6-18-30-39;2*1-7-5-3-2-4-6-7;2*2-1-3;2*2-1(3)4;2*1-2;;/h2*1-30H,31-33H2;2*2-6H,1H3;2*1H2;2*(H2,2,3,4);;;;/q;;;;;;;;;;2*+2/p-4. The molecular formula is C98H92Cl4N2O8P6Ru2. The third-order valence-corrected chi connectivity index (χ3v) is 31.9. The van der Waals surface area contributed by atoms with E-state index in [-0.39, 0.29) is 49.6 Å². The van der Waals surface area contributed by atoms with Gasteiger partial charge in [-0.15, -0.1) is 46.4 Å². The van der Waals surface area contributed by atoms with E-state index in [9.17, 15) is 0 Å². The van der Waals surface area contributed by atoms with Crippen molar-refractivity contribution >= 4 is 170 Å². The number of aryl methyl sites for hydroxylation is 2. The molecule has 0 saturated carbocycles. The van der Waals surface area contributed by atoms with Crippen LogP contribution in [0.25, 0.3) is 0 Å². The molecule has 616 valence electrons. The van der Waals surface area contributed by atoms with Gasteiger partial charge >= 0.3 is 61.6 Å². The summed E-state index contributed by atoms with van der Waals surface area (Å²) in [6.45, 7) is 13.2. The van der Waals surface area contributed by atoms with E-state index < -0.39 is 59.8 Å². The van der Waals surface area contributed by atoms with Gasteiger partial charge in [-0.25, -0.2) is 0 Å². The van der Waals surface area contributed by atoms with Gasteiger partial charge in [0.05, 0.1) is 10.7 Å². The fourth-order valence-electron chi connectivity index (χ4n) is 11.7. The minimum Gasteiger partial charge on any atom is -0.289 e. The van der Waals surface area contributed by atoms with E-state index in [2.05, 4.69) is 425 Å². The minimum absolute atomic E-state index is 0. The first-order valence-electron chi connectivity index (χ1n) is 36.9. The minimum atomic E-state index is -2.33. The molecule has 0 radical (unpaired) electrons. The van der Waals surface area contributed by atoms with Crippen molar-refractivity contribution in [1.82, 2.24) is 9.80 Å². The Balaban J connectivity index is 0.000000449. The van der Waals surface area contributed by atoms with Gasteiger partial charge in [0.15, 0.2) is 0 Å². The van der Waals surface area contributed by atoms with E-state index in [1.807, 2.05) is 36.4 Å². The Morgan fingerprint density at radius 3 is 0.367 bits per heavy atom. The van der Waals surface area contributed by atoms with Crippen molar-refractivity contribution in [3.05, 3.63) is 449 Å². The monoisotopic (exact) mass is 1950 g/mol.